The Kier molecular flexibility index (Phi) is 18.5. The maximum absolute atomic E-state index is 14.0. The lowest BCUT2D eigenvalue weighted by Gasteiger charge is -2.30. The predicted octanol–water partition coefficient (Wildman–Crippen LogP) is 4.74. The van der Waals surface area contributed by atoms with Crippen molar-refractivity contribution < 1.29 is 33.2 Å². The Bertz CT molecular complexity index is 1710. The number of unbranched alkanes of at least 4 members (excludes halogenated alkanes) is 1. The number of nitrogens with one attached hydrogen (secondary N) is 4. The summed E-state index contributed by atoms with van der Waals surface area (Å²) in [4.78, 5) is 54.2. The van der Waals surface area contributed by atoms with E-state index in [1.807, 2.05) is 95.3 Å². The number of aliphatic hydroxyl groups is 1. The van der Waals surface area contributed by atoms with E-state index in [0.29, 0.717) is 18.8 Å². The number of nitrogens with zero attached hydrogens (tertiary/aromatic N) is 1. The van der Waals surface area contributed by atoms with Crippen LogP contribution in [0.15, 0.2) is 78.9 Å². The SMILES string of the molecule is CCCCNC(=O)c1cc(C(=O)N[C@@H](COCc2ccccc2)[C@@H](O)C[C@H](C(=O)N[C@H](C(=O)NCc2ccccc2)C(C)C)C(C)C)cc(N(C)S(C)=O)c1. The first kappa shape index (κ1) is 44.8. The molecule has 0 aliphatic rings. The third-order valence-electron chi connectivity index (χ3n) is 9.39. The molecule has 1 unspecified atom stereocenters. The Morgan fingerprint density at radius 3 is 1.96 bits per heavy atom. The lowest BCUT2D eigenvalue weighted by Crippen LogP contribution is -2.53. The van der Waals surface area contributed by atoms with Crippen LogP contribution in [0.5, 0.6) is 0 Å². The zero-order valence-corrected chi connectivity index (χ0v) is 34.0. The van der Waals surface area contributed by atoms with Crippen LogP contribution in [0.25, 0.3) is 0 Å². The summed E-state index contributed by atoms with van der Waals surface area (Å²) >= 11 is 0. The van der Waals surface area contributed by atoms with Gasteiger partial charge in [0.05, 0.1) is 31.0 Å². The molecule has 0 heterocycles. The standard InChI is InChI=1S/C42H59N5O7S/c1-8-9-20-43-39(49)32-21-33(23-34(22-32)47(6)55(7)53)40(50)45-36(27-54-26-31-18-14-11-15-19-31)37(48)24-35(28(2)3)41(51)46-38(29(4)5)42(52)44-25-30-16-12-10-13-17-30/h10-19,21-23,28-29,35-38,48H,8-9,20,24-27H2,1-7H3,(H,43,49)(H,44,52)(H,45,50)(H,46,51)/t35-,36-,37-,38-,55?/m0/s1. The second-order valence-electron chi connectivity index (χ2n) is 14.5. The highest BCUT2D eigenvalue weighted by Gasteiger charge is 2.33. The summed E-state index contributed by atoms with van der Waals surface area (Å²) in [7, 11) is 0.159. The van der Waals surface area contributed by atoms with Crippen LogP contribution < -0.4 is 25.6 Å². The van der Waals surface area contributed by atoms with Gasteiger partial charge < -0.3 is 31.1 Å². The maximum Gasteiger partial charge on any atom is 0.251 e. The third kappa shape index (κ3) is 14.5. The van der Waals surface area contributed by atoms with Gasteiger partial charge in [-0.2, -0.15) is 0 Å². The highest BCUT2D eigenvalue weighted by molar-refractivity contribution is 7.85. The number of amides is 4. The Morgan fingerprint density at radius 2 is 1.40 bits per heavy atom. The molecule has 5 atom stereocenters. The number of anilines is 1. The first-order valence-corrected chi connectivity index (χ1v) is 20.5. The molecule has 0 aliphatic carbocycles. The first-order chi connectivity index (χ1) is 26.2. The summed E-state index contributed by atoms with van der Waals surface area (Å²) in [6, 6.07) is 21.7. The van der Waals surface area contributed by atoms with Crippen LogP contribution in [0, 0.1) is 17.8 Å². The molecule has 12 nitrogen and oxygen atoms in total. The second-order valence-corrected chi connectivity index (χ2v) is 15.9. The van der Waals surface area contributed by atoms with Crippen LogP contribution >= 0.6 is 0 Å². The number of hydrogen-bond donors (Lipinski definition) is 5. The van der Waals surface area contributed by atoms with Gasteiger partial charge >= 0.3 is 0 Å². The molecule has 0 fully saturated rings. The maximum atomic E-state index is 14.0. The van der Waals surface area contributed by atoms with Gasteiger partial charge in [0.2, 0.25) is 11.8 Å². The summed E-state index contributed by atoms with van der Waals surface area (Å²) in [6.45, 7) is 10.4. The molecule has 3 rings (SSSR count). The van der Waals surface area contributed by atoms with Crippen molar-refractivity contribution in [3.05, 3.63) is 101 Å². The van der Waals surface area contributed by atoms with E-state index in [2.05, 4.69) is 21.3 Å². The fourth-order valence-electron chi connectivity index (χ4n) is 5.86. The first-order valence-electron chi connectivity index (χ1n) is 18.9. The Hall–Kier alpha value is -4.59. The molecule has 0 spiro atoms. The number of aliphatic hydroxyl groups excluding tert-OH is 1. The van der Waals surface area contributed by atoms with Crippen LogP contribution in [0.1, 0.15) is 85.7 Å². The quantitative estimate of drug-likeness (QED) is 0.0920. The second kappa shape index (κ2) is 22.7. The average molecular weight is 778 g/mol. The molecule has 300 valence electrons. The number of carbonyl (C=O) groups is 4. The van der Waals surface area contributed by atoms with Crippen LogP contribution in [-0.2, 0) is 38.5 Å². The molecule has 0 aromatic heterocycles. The monoisotopic (exact) mass is 777 g/mol. The molecule has 0 aliphatic heterocycles. The van der Waals surface area contributed by atoms with E-state index in [1.54, 1.807) is 13.1 Å². The largest absolute Gasteiger partial charge is 0.391 e. The fourth-order valence-corrected chi connectivity index (χ4v) is 6.26. The van der Waals surface area contributed by atoms with E-state index in [4.69, 9.17) is 4.74 Å². The van der Waals surface area contributed by atoms with Crippen molar-refractivity contribution in [2.45, 2.75) is 85.2 Å². The summed E-state index contributed by atoms with van der Waals surface area (Å²) in [5, 5.41) is 23.3. The molecule has 4 amide bonds. The van der Waals surface area contributed by atoms with E-state index in [9.17, 15) is 28.5 Å². The highest BCUT2D eigenvalue weighted by atomic mass is 32.2. The molecule has 13 heteroatoms. The van der Waals surface area contributed by atoms with Crippen molar-refractivity contribution in [1.29, 1.82) is 0 Å². The number of carbonyl (C=O) groups excluding carboxylic acids is 4. The highest BCUT2D eigenvalue weighted by Crippen LogP contribution is 2.23. The van der Waals surface area contributed by atoms with E-state index >= 15 is 0 Å². The van der Waals surface area contributed by atoms with Crippen molar-refractivity contribution in [2.75, 3.05) is 30.8 Å². The van der Waals surface area contributed by atoms with E-state index < -0.39 is 41.0 Å². The minimum atomic E-state index is -1.44. The number of benzene rings is 3. The normalized spacial score (nSPS) is 14.0. The zero-order valence-electron chi connectivity index (χ0n) is 33.2. The smallest absolute Gasteiger partial charge is 0.251 e. The van der Waals surface area contributed by atoms with Gasteiger partial charge in [-0.15, -0.1) is 0 Å². The van der Waals surface area contributed by atoms with E-state index in [-0.39, 0.29) is 60.3 Å². The third-order valence-corrected chi connectivity index (χ3v) is 10.4. The average Bonchev–Trinajstić information content (AvgIpc) is 3.17. The van der Waals surface area contributed by atoms with E-state index in [1.165, 1.54) is 22.7 Å². The molecule has 55 heavy (non-hydrogen) atoms. The Morgan fingerprint density at radius 1 is 0.800 bits per heavy atom. The van der Waals surface area contributed by atoms with E-state index in [0.717, 1.165) is 24.0 Å². The van der Waals surface area contributed by atoms with Gasteiger partial charge in [0.15, 0.2) is 0 Å². The topological polar surface area (TPSA) is 166 Å². The number of hydrogen-bond acceptors (Lipinski definition) is 7. The minimum Gasteiger partial charge on any atom is -0.391 e. The zero-order chi connectivity index (χ0) is 40.5. The summed E-state index contributed by atoms with van der Waals surface area (Å²) < 4.78 is 19.9. The fraction of sp³-hybridized carbons (Fsp3) is 0.476. The molecule has 3 aromatic carbocycles. The van der Waals surface area contributed by atoms with Crippen molar-refractivity contribution in [3.8, 4) is 0 Å². The number of rotatable bonds is 22. The number of ether oxygens (including phenoxy) is 1. The van der Waals surface area contributed by atoms with Gasteiger partial charge in [-0.05, 0) is 54.0 Å². The van der Waals surface area contributed by atoms with Gasteiger partial charge in [0, 0.05) is 43.4 Å². The van der Waals surface area contributed by atoms with Crippen LogP contribution in [0.3, 0.4) is 0 Å². The van der Waals surface area contributed by atoms with Crippen molar-refractivity contribution in [3.63, 3.8) is 0 Å². The van der Waals surface area contributed by atoms with Gasteiger partial charge in [-0.1, -0.05) is 102 Å². The van der Waals surface area contributed by atoms with Crippen LogP contribution in [0.4, 0.5) is 5.69 Å². The van der Waals surface area contributed by atoms with Gasteiger partial charge in [0.1, 0.15) is 17.0 Å². The van der Waals surface area contributed by atoms with Crippen molar-refractivity contribution in [2.24, 2.45) is 17.8 Å². The van der Waals surface area contributed by atoms with Crippen LogP contribution in [-0.4, -0.2) is 77.6 Å². The van der Waals surface area contributed by atoms with Crippen LogP contribution in [0.2, 0.25) is 0 Å². The molecule has 0 saturated heterocycles. The van der Waals surface area contributed by atoms with Gasteiger partial charge in [0.25, 0.3) is 11.8 Å². The van der Waals surface area contributed by atoms with Gasteiger partial charge in [-0.3, -0.25) is 23.5 Å². The molecule has 0 bridgehead atoms. The molecule has 5 N–H and O–H groups in total. The Labute approximate surface area is 328 Å². The summed E-state index contributed by atoms with van der Waals surface area (Å²) in [6.07, 6.45) is 1.89. The molecule has 3 aromatic rings. The molecular weight excluding hydrogens is 719 g/mol. The minimum absolute atomic E-state index is 0.0394. The van der Waals surface area contributed by atoms with Crippen molar-refractivity contribution >= 4 is 40.3 Å². The molecule has 0 saturated carbocycles. The molecule has 0 radical (unpaired) electrons. The lowest BCUT2D eigenvalue weighted by atomic mass is 9.86. The van der Waals surface area contributed by atoms with Crippen molar-refractivity contribution in [1.82, 2.24) is 21.3 Å². The molecular formula is C42H59N5O7S. The lowest BCUT2D eigenvalue weighted by molar-refractivity contribution is -0.134. The summed E-state index contributed by atoms with van der Waals surface area (Å²) in [5.41, 5.74) is 2.57. The van der Waals surface area contributed by atoms with Gasteiger partial charge in [-0.25, -0.2) is 4.21 Å². The Balaban J connectivity index is 1.85. The predicted molar refractivity (Wildman–Crippen MR) is 218 cm³/mol. The summed E-state index contributed by atoms with van der Waals surface area (Å²) in [5.74, 6) is -2.83.